The van der Waals surface area contributed by atoms with Crippen molar-refractivity contribution < 1.29 is 120 Å². The molecule has 0 aliphatic heterocycles. The van der Waals surface area contributed by atoms with Crippen LogP contribution in [-0.2, 0) is 9.09 Å². The van der Waals surface area contributed by atoms with E-state index in [2.05, 4.69) is 23.6 Å². The third-order valence-electron chi connectivity index (χ3n) is 3.86. The van der Waals surface area contributed by atoms with Crippen LogP contribution in [0.5, 0.6) is 0 Å². The molecule has 0 bridgehead atoms. The SMILES string of the molecule is CCCCCCCC/C=C\CCCCCCCCO[P+](=O)O.[H-].[H-].[K+].[K+]. The van der Waals surface area contributed by atoms with Crippen LogP contribution in [0.3, 0.4) is 0 Å². The van der Waals surface area contributed by atoms with Gasteiger partial charge in [-0.2, -0.15) is 0 Å². The Balaban J connectivity index is -0.000000367. The van der Waals surface area contributed by atoms with Crippen molar-refractivity contribution in [1.29, 1.82) is 0 Å². The maximum Gasteiger partial charge on any atom is 1.00 e. The van der Waals surface area contributed by atoms with Crippen LogP contribution in [-0.4, -0.2) is 11.5 Å². The minimum atomic E-state index is -2.40. The van der Waals surface area contributed by atoms with Crippen molar-refractivity contribution in [3.05, 3.63) is 12.2 Å². The molecule has 0 spiro atoms. The second-order valence-electron chi connectivity index (χ2n) is 6.01. The van der Waals surface area contributed by atoms with Crippen molar-refractivity contribution in [2.24, 2.45) is 0 Å². The molecule has 0 aromatic rings. The Labute approximate surface area is 239 Å². The number of hydrogen-bond donors (Lipinski definition) is 1. The Kier molecular flexibility index (Phi) is 37.3. The first-order chi connectivity index (χ1) is 10.8. The fourth-order valence-corrected chi connectivity index (χ4v) is 2.78. The number of hydrogen-bond acceptors (Lipinski definition) is 2. The van der Waals surface area contributed by atoms with Gasteiger partial charge in [0.05, 0.1) is 0 Å². The smallest absolute Gasteiger partial charge is 1.00 e. The van der Waals surface area contributed by atoms with Crippen molar-refractivity contribution >= 4 is 8.25 Å². The van der Waals surface area contributed by atoms with E-state index in [1.807, 2.05) is 0 Å². The summed E-state index contributed by atoms with van der Waals surface area (Å²) in [5.74, 6) is 0. The molecule has 0 saturated heterocycles. The summed E-state index contributed by atoms with van der Waals surface area (Å²) in [6.45, 7) is 2.67. The van der Waals surface area contributed by atoms with Crippen molar-refractivity contribution in [3.63, 3.8) is 0 Å². The fourth-order valence-electron chi connectivity index (χ4n) is 2.49. The first-order valence-corrected chi connectivity index (χ1v) is 10.3. The van der Waals surface area contributed by atoms with E-state index in [0.29, 0.717) is 6.61 Å². The van der Waals surface area contributed by atoms with E-state index in [1.165, 1.54) is 77.0 Å². The van der Waals surface area contributed by atoms with Gasteiger partial charge in [0.25, 0.3) is 0 Å². The van der Waals surface area contributed by atoms with Gasteiger partial charge >= 0.3 is 111 Å². The normalized spacial score (nSPS) is 11.2. The minimum absolute atomic E-state index is 0. The standard InChI is InChI=1S/C18H35O3P.2K.2H/c1-2-3-4-5-6-7-8-9-10-11-12-13-14-15-16-17-18-21-22(19)20;;;;/h9-10H,2-8,11-18H2,1H3;;;;/q;2*+1;2*-1/p+1/b10-9-;;;;. The quantitative estimate of drug-likeness (QED) is 0.168. The van der Waals surface area contributed by atoms with E-state index in [1.54, 1.807) is 0 Å². The molecule has 134 valence electrons. The van der Waals surface area contributed by atoms with Crippen LogP contribution in [0.4, 0.5) is 0 Å². The summed E-state index contributed by atoms with van der Waals surface area (Å²) in [5.41, 5.74) is 0. The first kappa shape index (κ1) is 31.7. The fraction of sp³-hybridized carbons (Fsp3) is 0.889. The van der Waals surface area contributed by atoms with Gasteiger partial charge in [-0.1, -0.05) is 76.9 Å². The molecular formula is C18H38K2O3P+. The summed E-state index contributed by atoms with van der Waals surface area (Å²) >= 11 is 0. The Morgan fingerprint density at radius 2 is 1.21 bits per heavy atom. The Morgan fingerprint density at radius 1 is 0.792 bits per heavy atom. The van der Waals surface area contributed by atoms with E-state index >= 15 is 0 Å². The molecule has 1 unspecified atom stereocenters. The number of unbranched alkanes of at least 4 members (excludes halogenated alkanes) is 12. The van der Waals surface area contributed by atoms with Gasteiger partial charge in [0, 0.05) is 4.57 Å². The molecule has 0 rings (SSSR count). The Bertz CT molecular complexity index is 287. The van der Waals surface area contributed by atoms with Crippen LogP contribution in [0.2, 0.25) is 0 Å². The maximum absolute atomic E-state index is 10.3. The largest absolute Gasteiger partial charge is 1.00 e. The molecule has 0 amide bonds. The van der Waals surface area contributed by atoms with Crippen molar-refractivity contribution in [1.82, 2.24) is 0 Å². The molecular weight excluding hydrogens is 373 g/mol. The first-order valence-electron chi connectivity index (χ1n) is 9.21. The summed E-state index contributed by atoms with van der Waals surface area (Å²) < 4.78 is 14.9. The van der Waals surface area contributed by atoms with Crippen LogP contribution in [0.15, 0.2) is 12.2 Å². The van der Waals surface area contributed by atoms with Gasteiger partial charge in [-0.25, -0.2) is 0 Å². The van der Waals surface area contributed by atoms with Gasteiger partial charge in [0.15, 0.2) is 0 Å². The molecule has 0 aromatic heterocycles. The predicted octanol–water partition coefficient (Wildman–Crippen LogP) is 0.923. The van der Waals surface area contributed by atoms with Gasteiger partial charge in [0.1, 0.15) is 6.61 Å². The van der Waals surface area contributed by atoms with Gasteiger partial charge in [-0.15, -0.1) is 9.42 Å². The zero-order chi connectivity index (χ0) is 16.3. The zero-order valence-corrected chi connectivity index (χ0v) is 23.6. The summed E-state index contributed by atoms with van der Waals surface area (Å²) in [6.07, 6.45) is 22.4. The molecule has 3 nitrogen and oxygen atoms in total. The van der Waals surface area contributed by atoms with E-state index < -0.39 is 8.25 Å². The van der Waals surface area contributed by atoms with Crippen LogP contribution in [0.25, 0.3) is 0 Å². The van der Waals surface area contributed by atoms with Gasteiger partial charge in [-0.3, -0.25) is 0 Å². The molecule has 0 heterocycles. The summed E-state index contributed by atoms with van der Waals surface area (Å²) in [7, 11) is -2.40. The number of rotatable bonds is 17. The molecule has 0 saturated carbocycles. The van der Waals surface area contributed by atoms with Crippen LogP contribution < -0.4 is 103 Å². The summed E-state index contributed by atoms with van der Waals surface area (Å²) in [6, 6.07) is 0. The molecule has 0 aromatic carbocycles. The molecule has 1 atom stereocenters. The monoisotopic (exact) mass is 411 g/mol. The van der Waals surface area contributed by atoms with E-state index in [0.717, 1.165) is 12.8 Å². The minimum Gasteiger partial charge on any atom is -1.00 e. The predicted molar refractivity (Wildman–Crippen MR) is 97.5 cm³/mol. The summed E-state index contributed by atoms with van der Waals surface area (Å²) in [5, 5.41) is 0. The van der Waals surface area contributed by atoms with Crippen molar-refractivity contribution in [2.75, 3.05) is 6.61 Å². The average Bonchev–Trinajstić information content (AvgIpc) is 2.50. The van der Waals surface area contributed by atoms with Gasteiger partial charge in [-0.05, 0) is 32.1 Å². The third-order valence-corrected chi connectivity index (χ3v) is 4.26. The zero-order valence-electron chi connectivity index (χ0n) is 18.5. The van der Waals surface area contributed by atoms with Crippen LogP contribution in [0, 0.1) is 0 Å². The topological polar surface area (TPSA) is 46.5 Å². The Hall–Kier alpha value is 3.03. The van der Waals surface area contributed by atoms with Crippen LogP contribution >= 0.6 is 8.25 Å². The van der Waals surface area contributed by atoms with Gasteiger partial charge < -0.3 is 2.85 Å². The van der Waals surface area contributed by atoms with E-state index in [4.69, 9.17) is 4.89 Å². The van der Waals surface area contributed by atoms with Gasteiger partial charge in [0.2, 0.25) is 0 Å². The molecule has 0 fully saturated rings. The van der Waals surface area contributed by atoms with E-state index in [-0.39, 0.29) is 106 Å². The molecule has 6 heteroatoms. The molecule has 0 radical (unpaired) electrons. The summed E-state index contributed by atoms with van der Waals surface area (Å²) in [4.78, 5) is 8.46. The third kappa shape index (κ3) is 29.8. The second-order valence-corrected chi connectivity index (χ2v) is 6.74. The molecule has 24 heavy (non-hydrogen) atoms. The second kappa shape index (κ2) is 28.2. The van der Waals surface area contributed by atoms with Crippen molar-refractivity contribution in [2.45, 2.75) is 96.8 Å². The maximum atomic E-state index is 10.3. The molecule has 0 aliphatic carbocycles. The van der Waals surface area contributed by atoms with Crippen molar-refractivity contribution in [3.8, 4) is 0 Å². The Morgan fingerprint density at radius 3 is 1.67 bits per heavy atom. The molecule has 0 aliphatic rings. The average molecular weight is 412 g/mol. The molecule has 1 N–H and O–H groups in total. The number of allylic oxidation sites excluding steroid dienone is 2. The van der Waals surface area contributed by atoms with E-state index in [9.17, 15) is 4.57 Å². The van der Waals surface area contributed by atoms with Crippen LogP contribution in [0.1, 0.15) is 99.7 Å².